The van der Waals surface area contributed by atoms with Crippen LogP contribution in [0.1, 0.15) is 18.4 Å². The average molecular weight is 389 g/mol. The Kier molecular flexibility index (Phi) is 5.24. The maximum atomic E-state index is 14.1. The summed E-state index contributed by atoms with van der Waals surface area (Å²) in [4.78, 5) is 25.8. The van der Waals surface area contributed by atoms with Crippen LogP contribution in [0.5, 0.6) is 0 Å². The SMILES string of the molecule is O=C(/C=C/c1ccc(N2CCCC2=O)cc1)Nc1cc(-n2cccc2)ccc1F. The zero-order chi connectivity index (χ0) is 20.2. The molecule has 0 atom stereocenters. The highest BCUT2D eigenvalue weighted by molar-refractivity contribution is 6.02. The maximum Gasteiger partial charge on any atom is 0.248 e. The lowest BCUT2D eigenvalue weighted by Crippen LogP contribution is -2.23. The quantitative estimate of drug-likeness (QED) is 0.658. The molecule has 6 heteroatoms. The van der Waals surface area contributed by atoms with Gasteiger partial charge in [-0.3, -0.25) is 9.59 Å². The third-order valence-electron chi connectivity index (χ3n) is 4.82. The Hall–Kier alpha value is -3.67. The zero-order valence-electron chi connectivity index (χ0n) is 15.7. The summed E-state index contributed by atoms with van der Waals surface area (Å²) in [7, 11) is 0. The van der Waals surface area contributed by atoms with Crippen molar-refractivity contribution >= 4 is 29.3 Å². The van der Waals surface area contributed by atoms with Gasteiger partial charge in [-0.25, -0.2) is 4.39 Å². The fourth-order valence-electron chi connectivity index (χ4n) is 3.31. The van der Waals surface area contributed by atoms with Gasteiger partial charge in [-0.1, -0.05) is 12.1 Å². The van der Waals surface area contributed by atoms with Crippen molar-refractivity contribution in [1.29, 1.82) is 0 Å². The van der Waals surface area contributed by atoms with Gasteiger partial charge in [0.2, 0.25) is 11.8 Å². The van der Waals surface area contributed by atoms with E-state index >= 15 is 0 Å². The van der Waals surface area contributed by atoms with Crippen LogP contribution in [0.3, 0.4) is 0 Å². The molecule has 1 aliphatic heterocycles. The molecule has 146 valence electrons. The molecular formula is C23H20FN3O2. The highest BCUT2D eigenvalue weighted by atomic mass is 19.1. The molecule has 0 aliphatic carbocycles. The minimum absolute atomic E-state index is 0.119. The van der Waals surface area contributed by atoms with E-state index in [0.717, 1.165) is 29.9 Å². The number of anilines is 2. The molecule has 2 amide bonds. The fourth-order valence-corrected chi connectivity index (χ4v) is 3.31. The van der Waals surface area contributed by atoms with Crippen molar-refractivity contribution in [3.05, 3.63) is 84.4 Å². The summed E-state index contributed by atoms with van der Waals surface area (Å²) in [5, 5.41) is 2.58. The van der Waals surface area contributed by atoms with Gasteiger partial charge in [-0.05, 0) is 60.5 Å². The number of benzene rings is 2. The van der Waals surface area contributed by atoms with Crippen LogP contribution in [0.4, 0.5) is 15.8 Å². The molecule has 1 saturated heterocycles. The summed E-state index contributed by atoms with van der Waals surface area (Å²) in [5.74, 6) is -0.786. The first-order valence-corrected chi connectivity index (χ1v) is 9.42. The number of rotatable bonds is 5. The molecule has 0 bridgehead atoms. The van der Waals surface area contributed by atoms with Gasteiger partial charge in [0.15, 0.2) is 0 Å². The van der Waals surface area contributed by atoms with Gasteiger partial charge in [0.25, 0.3) is 0 Å². The monoisotopic (exact) mass is 389 g/mol. The lowest BCUT2D eigenvalue weighted by molar-refractivity contribution is -0.117. The number of carbonyl (C=O) groups is 2. The molecule has 2 aromatic carbocycles. The molecule has 1 aromatic heterocycles. The van der Waals surface area contributed by atoms with Crippen molar-refractivity contribution < 1.29 is 14.0 Å². The van der Waals surface area contributed by atoms with Gasteiger partial charge < -0.3 is 14.8 Å². The molecule has 1 N–H and O–H groups in total. The van der Waals surface area contributed by atoms with Gasteiger partial charge in [-0.2, -0.15) is 0 Å². The summed E-state index contributed by atoms with van der Waals surface area (Å²) >= 11 is 0. The van der Waals surface area contributed by atoms with Crippen molar-refractivity contribution in [2.45, 2.75) is 12.8 Å². The molecule has 4 rings (SSSR count). The molecule has 0 unspecified atom stereocenters. The van der Waals surface area contributed by atoms with E-state index in [2.05, 4.69) is 5.32 Å². The topological polar surface area (TPSA) is 54.3 Å². The number of nitrogens with zero attached hydrogens (tertiary/aromatic N) is 2. The van der Waals surface area contributed by atoms with Gasteiger partial charge in [0.1, 0.15) is 5.82 Å². The third kappa shape index (κ3) is 4.27. The van der Waals surface area contributed by atoms with E-state index in [1.165, 1.54) is 12.1 Å². The fraction of sp³-hybridized carbons (Fsp3) is 0.130. The molecule has 29 heavy (non-hydrogen) atoms. The molecule has 1 aliphatic rings. The minimum Gasteiger partial charge on any atom is -0.324 e. The third-order valence-corrected chi connectivity index (χ3v) is 4.82. The molecule has 3 aromatic rings. The molecule has 2 heterocycles. The molecule has 1 fully saturated rings. The van der Waals surface area contributed by atoms with E-state index in [4.69, 9.17) is 0 Å². The predicted octanol–water partition coefficient (Wildman–Crippen LogP) is 4.40. The lowest BCUT2D eigenvalue weighted by Gasteiger charge is -2.15. The highest BCUT2D eigenvalue weighted by Crippen LogP contribution is 2.22. The Morgan fingerprint density at radius 1 is 1.03 bits per heavy atom. The first-order valence-electron chi connectivity index (χ1n) is 9.42. The summed E-state index contributed by atoms with van der Waals surface area (Å²) in [6.45, 7) is 0.740. The minimum atomic E-state index is -0.498. The number of nitrogens with one attached hydrogen (secondary N) is 1. The van der Waals surface area contributed by atoms with Crippen LogP contribution in [-0.4, -0.2) is 22.9 Å². The Morgan fingerprint density at radius 3 is 2.45 bits per heavy atom. The zero-order valence-corrected chi connectivity index (χ0v) is 15.7. The van der Waals surface area contributed by atoms with Gasteiger partial charge in [0.05, 0.1) is 5.69 Å². The Bertz CT molecular complexity index is 1060. The van der Waals surface area contributed by atoms with Crippen LogP contribution in [0, 0.1) is 5.82 Å². The number of hydrogen-bond donors (Lipinski definition) is 1. The Balaban J connectivity index is 1.42. The van der Waals surface area contributed by atoms with Crippen LogP contribution in [0.25, 0.3) is 11.8 Å². The van der Waals surface area contributed by atoms with E-state index in [1.807, 2.05) is 53.4 Å². The summed E-state index contributed by atoms with van der Waals surface area (Å²) in [6.07, 6.45) is 8.17. The van der Waals surface area contributed by atoms with Crippen LogP contribution in [-0.2, 0) is 9.59 Å². The van der Waals surface area contributed by atoms with Crippen molar-refractivity contribution in [1.82, 2.24) is 4.57 Å². The molecule has 0 radical (unpaired) electrons. The van der Waals surface area contributed by atoms with Gasteiger partial charge >= 0.3 is 0 Å². The Labute approximate surface area is 168 Å². The standard InChI is InChI=1S/C23H20FN3O2/c24-20-11-10-19(26-13-1-2-14-26)16-21(20)25-22(28)12-7-17-5-8-18(9-6-17)27-15-3-4-23(27)29/h1-2,5-14,16H,3-4,15H2,(H,25,28)/b12-7+. The van der Waals surface area contributed by atoms with Crippen molar-refractivity contribution in [3.8, 4) is 5.69 Å². The summed E-state index contributed by atoms with van der Waals surface area (Å²) < 4.78 is 15.9. The number of hydrogen-bond acceptors (Lipinski definition) is 2. The number of carbonyl (C=O) groups excluding carboxylic acids is 2. The van der Waals surface area contributed by atoms with Crippen molar-refractivity contribution in [3.63, 3.8) is 0 Å². The molecule has 0 saturated carbocycles. The number of halogens is 1. The van der Waals surface area contributed by atoms with Crippen LogP contribution in [0.2, 0.25) is 0 Å². The first-order chi connectivity index (χ1) is 14.1. The average Bonchev–Trinajstić information content (AvgIpc) is 3.40. The second-order valence-electron chi connectivity index (χ2n) is 6.82. The Morgan fingerprint density at radius 2 is 1.76 bits per heavy atom. The highest BCUT2D eigenvalue weighted by Gasteiger charge is 2.21. The second-order valence-corrected chi connectivity index (χ2v) is 6.82. The molecule has 5 nitrogen and oxygen atoms in total. The predicted molar refractivity (Wildman–Crippen MR) is 111 cm³/mol. The summed E-state index contributed by atoms with van der Waals surface area (Å²) in [5.41, 5.74) is 2.55. The number of amides is 2. The van der Waals surface area contributed by atoms with Gasteiger partial charge in [0, 0.05) is 42.8 Å². The van der Waals surface area contributed by atoms with E-state index < -0.39 is 11.7 Å². The van der Waals surface area contributed by atoms with E-state index in [-0.39, 0.29) is 11.6 Å². The van der Waals surface area contributed by atoms with Crippen molar-refractivity contribution in [2.75, 3.05) is 16.8 Å². The van der Waals surface area contributed by atoms with E-state index in [9.17, 15) is 14.0 Å². The van der Waals surface area contributed by atoms with Crippen LogP contribution >= 0.6 is 0 Å². The summed E-state index contributed by atoms with van der Waals surface area (Å²) in [6, 6.07) is 15.7. The van der Waals surface area contributed by atoms with E-state index in [1.54, 1.807) is 23.1 Å². The maximum absolute atomic E-state index is 14.1. The lowest BCUT2D eigenvalue weighted by atomic mass is 10.2. The first kappa shape index (κ1) is 18.7. The van der Waals surface area contributed by atoms with E-state index in [0.29, 0.717) is 6.42 Å². The second kappa shape index (κ2) is 8.14. The van der Waals surface area contributed by atoms with Crippen molar-refractivity contribution in [2.24, 2.45) is 0 Å². The largest absolute Gasteiger partial charge is 0.324 e. The van der Waals surface area contributed by atoms with Crippen LogP contribution in [0.15, 0.2) is 73.1 Å². The number of aromatic nitrogens is 1. The van der Waals surface area contributed by atoms with Gasteiger partial charge in [-0.15, -0.1) is 0 Å². The normalized spacial score (nSPS) is 14.0. The molecule has 0 spiro atoms. The van der Waals surface area contributed by atoms with Crippen LogP contribution < -0.4 is 10.2 Å². The molecular weight excluding hydrogens is 369 g/mol. The smallest absolute Gasteiger partial charge is 0.248 e.